The molecule has 0 unspecified atom stereocenters. The minimum Gasteiger partial charge on any atom is -0.245 e. The van der Waals surface area contributed by atoms with Crippen LogP contribution in [0.3, 0.4) is 0 Å². The van der Waals surface area contributed by atoms with Gasteiger partial charge in [-0.05, 0) is 6.42 Å². The lowest BCUT2D eigenvalue weighted by Gasteiger charge is -1.98. The fourth-order valence-corrected chi connectivity index (χ4v) is 1.18. The van der Waals surface area contributed by atoms with Gasteiger partial charge in [0.05, 0.1) is 6.61 Å². The molecule has 0 bridgehead atoms. The number of unbranched alkanes of at least 4 members (excludes halogenated alkanes) is 4. The van der Waals surface area contributed by atoms with Crippen LogP contribution in [0.5, 0.6) is 0 Å². The fourth-order valence-electron chi connectivity index (χ4n) is 0.864. The Morgan fingerprint density at radius 1 is 1.17 bits per heavy atom. The molecule has 0 fully saturated rings. The topological polar surface area (TPSA) is 43.4 Å². The highest BCUT2D eigenvalue weighted by molar-refractivity contribution is 7.81. The molecule has 0 aromatic carbocycles. The second-order valence-corrected chi connectivity index (χ2v) is 3.65. The molecule has 5 heteroatoms. The molecular formula is C7H15FO3S. The van der Waals surface area contributed by atoms with Gasteiger partial charge in [0.2, 0.25) is 0 Å². The Morgan fingerprint density at radius 2 is 1.75 bits per heavy atom. The lowest BCUT2D eigenvalue weighted by Crippen LogP contribution is -1.99. The predicted molar refractivity (Wildman–Crippen MR) is 44.7 cm³/mol. The minimum absolute atomic E-state index is 0.0391. The van der Waals surface area contributed by atoms with Crippen LogP contribution in [0, 0.1) is 0 Å². The monoisotopic (exact) mass is 198 g/mol. The molecule has 0 aliphatic rings. The maximum absolute atomic E-state index is 11.7. The van der Waals surface area contributed by atoms with Crippen molar-refractivity contribution in [2.45, 2.75) is 39.0 Å². The second kappa shape index (κ2) is 6.37. The van der Waals surface area contributed by atoms with Crippen LogP contribution in [-0.4, -0.2) is 15.0 Å². The highest BCUT2D eigenvalue weighted by Gasteiger charge is 2.05. The van der Waals surface area contributed by atoms with Crippen LogP contribution in [0.25, 0.3) is 0 Å². The third-order valence-electron chi connectivity index (χ3n) is 1.47. The van der Waals surface area contributed by atoms with Crippen molar-refractivity contribution in [3.05, 3.63) is 0 Å². The van der Waals surface area contributed by atoms with E-state index < -0.39 is 10.5 Å². The normalized spacial score (nSPS) is 11.8. The SMILES string of the molecule is CCCCCCCOS(=O)(=O)F. The van der Waals surface area contributed by atoms with Gasteiger partial charge in [-0.15, -0.1) is 0 Å². The first-order valence-corrected chi connectivity index (χ1v) is 5.46. The van der Waals surface area contributed by atoms with E-state index in [0.717, 1.165) is 25.7 Å². The number of halogens is 1. The average molecular weight is 198 g/mol. The zero-order valence-electron chi connectivity index (χ0n) is 7.25. The second-order valence-electron chi connectivity index (χ2n) is 2.63. The Hall–Kier alpha value is -0.160. The molecule has 0 saturated carbocycles. The summed E-state index contributed by atoms with van der Waals surface area (Å²) in [6.45, 7) is 2.05. The molecule has 0 spiro atoms. The molecule has 3 nitrogen and oxygen atoms in total. The van der Waals surface area contributed by atoms with Crippen LogP contribution in [0.2, 0.25) is 0 Å². The summed E-state index contributed by atoms with van der Waals surface area (Å²) in [6, 6.07) is 0. The van der Waals surface area contributed by atoms with Gasteiger partial charge in [0.25, 0.3) is 0 Å². The van der Waals surface area contributed by atoms with Crippen molar-refractivity contribution in [2.24, 2.45) is 0 Å². The number of hydrogen-bond donors (Lipinski definition) is 0. The average Bonchev–Trinajstić information content (AvgIpc) is 1.94. The molecule has 0 aromatic heterocycles. The van der Waals surface area contributed by atoms with Gasteiger partial charge in [0, 0.05) is 0 Å². The smallest absolute Gasteiger partial charge is 0.245 e. The van der Waals surface area contributed by atoms with Crippen molar-refractivity contribution in [3.63, 3.8) is 0 Å². The third-order valence-corrected chi connectivity index (χ3v) is 1.92. The summed E-state index contributed by atoms with van der Waals surface area (Å²) in [5.41, 5.74) is 0. The van der Waals surface area contributed by atoms with Crippen LogP contribution in [0.1, 0.15) is 39.0 Å². The van der Waals surface area contributed by atoms with Gasteiger partial charge in [0.15, 0.2) is 0 Å². The van der Waals surface area contributed by atoms with Crippen LogP contribution in [0.15, 0.2) is 0 Å². The van der Waals surface area contributed by atoms with Crippen LogP contribution in [0.4, 0.5) is 3.89 Å². The largest absolute Gasteiger partial charge is 0.437 e. The Morgan fingerprint density at radius 3 is 2.25 bits per heavy atom. The van der Waals surface area contributed by atoms with Crippen LogP contribution < -0.4 is 0 Å². The third kappa shape index (κ3) is 9.84. The van der Waals surface area contributed by atoms with Crippen molar-refractivity contribution in [2.75, 3.05) is 6.61 Å². The Bertz CT molecular complexity index is 189. The van der Waals surface area contributed by atoms with E-state index in [1.54, 1.807) is 0 Å². The van der Waals surface area contributed by atoms with E-state index in [0.29, 0.717) is 6.42 Å². The Balaban J connectivity index is 3.12. The molecule has 0 aliphatic carbocycles. The summed E-state index contributed by atoms with van der Waals surface area (Å²) in [7, 11) is -4.72. The number of hydrogen-bond acceptors (Lipinski definition) is 3. The molecule has 0 aliphatic heterocycles. The zero-order chi connectivity index (χ0) is 9.45. The van der Waals surface area contributed by atoms with E-state index in [1.165, 1.54) is 0 Å². The molecule has 0 aromatic rings. The van der Waals surface area contributed by atoms with Gasteiger partial charge < -0.3 is 0 Å². The summed E-state index contributed by atoms with van der Waals surface area (Å²) in [6.07, 6.45) is 4.79. The lowest BCUT2D eigenvalue weighted by atomic mass is 10.2. The van der Waals surface area contributed by atoms with E-state index in [-0.39, 0.29) is 6.61 Å². The fraction of sp³-hybridized carbons (Fsp3) is 1.00. The molecule has 12 heavy (non-hydrogen) atoms. The Kier molecular flexibility index (Phi) is 6.28. The molecular weight excluding hydrogens is 183 g/mol. The summed E-state index contributed by atoms with van der Waals surface area (Å²) < 4.78 is 35.3. The standard InChI is InChI=1S/C7H15FO3S/c1-2-3-4-5-6-7-11-12(8,9)10/h2-7H2,1H3. The van der Waals surface area contributed by atoms with Gasteiger partial charge >= 0.3 is 10.5 Å². The van der Waals surface area contributed by atoms with E-state index in [9.17, 15) is 12.3 Å². The lowest BCUT2D eigenvalue weighted by molar-refractivity contribution is 0.284. The summed E-state index contributed by atoms with van der Waals surface area (Å²) in [5, 5.41) is 0. The minimum atomic E-state index is -4.72. The molecule has 0 saturated heterocycles. The molecule has 0 heterocycles. The van der Waals surface area contributed by atoms with Crippen molar-refractivity contribution in [1.82, 2.24) is 0 Å². The van der Waals surface area contributed by atoms with Crippen LogP contribution >= 0.6 is 0 Å². The first-order chi connectivity index (χ1) is 5.56. The van der Waals surface area contributed by atoms with E-state index in [4.69, 9.17) is 0 Å². The van der Waals surface area contributed by atoms with Crippen molar-refractivity contribution < 1.29 is 16.5 Å². The number of rotatable bonds is 7. The van der Waals surface area contributed by atoms with Gasteiger partial charge in [-0.25, -0.2) is 4.18 Å². The quantitative estimate of drug-likeness (QED) is 0.465. The molecule has 0 radical (unpaired) electrons. The molecule has 0 atom stereocenters. The van der Waals surface area contributed by atoms with E-state index in [1.807, 2.05) is 0 Å². The maximum Gasteiger partial charge on any atom is 0.437 e. The maximum atomic E-state index is 11.7. The zero-order valence-corrected chi connectivity index (χ0v) is 8.07. The van der Waals surface area contributed by atoms with Crippen molar-refractivity contribution >= 4 is 10.5 Å². The highest BCUT2D eigenvalue weighted by Crippen LogP contribution is 2.04. The first-order valence-electron chi connectivity index (χ1n) is 4.15. The van der Waals surface area contributed by atoms with Gasteiger partial charge in [0.1, 0.15) is 0 Å². The molecule has 0 amide bonds. The van der Waals surface area contributed by atoms with Crippen molar-refractivity contribution in [1.29, 1.82) is 0 Å². The molecule has 0 N–H and O–H groups in total. The Labute approximate surface area is 73.3 Å². The highest BCUT2D eigenvalue weighted by atomic mass is 32.3. The molecule has 0 rings (SSSR count). The van der Waals surface area contributed by atoms with Crippen LogP contribution in [-0.2, 0) is 14.7 Å². The van der Waals surface area contributed by atoms with Gasteiger partial charge in [-0.1, -0.05) is 36.5 Å². The first kappa shape index (κ1) is 11.8. The van der Waals surface area contributed by atoms with E-state index >= 15 is 0 Å². The van der Waals surface area contributed by atoms with Gasteiger partial charge in [-0.3, -0.25) is 0 Å². The summed E-state index contributed by atoms with van der Waals surface area (Å²) in [4.78, 5) is 0. The molecule has 74 valence electrons. The predicted octanol–water partition coefficient (Wildman–Crippen LogP) is 2.19. The van der Waals surface area contributed by atoms with Crippen molar-refractivity contribution in [3.8, 4) is 0 Å². The van der Waals surface area contributed by atoms with Gasteiger partial charge in [-0.2, -0.15) is 8.42 Å². The van der Waals surface area contributed by atoms with E-state index in [2.05, 4.69) is 11.1 Å². The summed E-state index contributed by atoms with van der Waals surface area (Å²) >= 11 is 0. The summed E-state index contributed by atoms with van der Waals surface area (Å²) in [5.74, 6) is 0.